The number of hydrogen-bond acceptors (Lipinski definition) is 3. The zero-order valence-corrected chi connectivity index (χ0v) is 10.9. The van der Waals surface area contributed by atoms with Crippen LogP contribution in [0.25, 0.3) is 0 Å². The van der Waals surface area contributed by atoms with Crippen molar-refractivity contribution in [2.75, 3.05) is 26.3 Å². The van der Waals surface area contributed by atoms with Gasteiger partial charge in [0.05, 0.1) is 0 Å². The molecule has 1 saturated carbocycles. The molecular weight excluding hydrogens is 261 g/mol. The van der Waals surface area contributed by atoms with E-state index in [0.29, 0.717) is 32.0 Å². The van der Waals surface area contributed by atoms with Gasteiger partial charge in [0.1, 0.15) is 6.61 Å². The van der Waals surface area contributed by atoms with Gasteiger partial charge >= 0.3 is 6.18 Å². The number of rotatable bonds is 10. The molecule has 0 aromatic rings. The lowest BCUT2D eigenvalue weighted by molar-refractivity contribution is -0.173. The second-order valence-corrected chi connectivity index (χ2v) is 4.72. The Labute approximate surface area is 111 Å². The van der Waals surface area contributed by atoms with E-state index in [1.54, 1.807) is 0 Å². The lowest BCUT2D eigenvalue weighted by Gasteiger charge is -2.08. The standard InChI is InChI=1S/C12H21F3N2O2/c13-12(14,15)9-19-8-2-7-16-6-1-3-11(18)17-10-4-5-10/h10,16H,1-9H2,(H,17,18). The minimum atomic E-state index is -4.25. The molecule has 1 aliphatic carbocycles. The first kappa shape index (κ1) is 16.2. The largest absolute Gasteiger partial charge is 0.411 e. The maximum absolute atomic E-state index is 11.7. The van der Waals surface area contributed by atoms with Crippen molar-refractivity contribution >= 4 is 5.91 Å². The quantitative estimate of drug-likeness (QED) is 0.598. The highest BCUT2D eigenvalue weighted by atomic mass is 19.4. The maximum Gasteiger partial charge on any atom is 0.411 e. The number of halogens is 3. The normalized spacial score (nSPS) is 15.5. The Morgan fingerprint density at radius 1 is 1.21 bits per heavy atom. The Bertz CT molecular complexity index is 268. The minimum Gasteiger partial charge on any atom is -0.372 e. The molecule has 19 heavy (non-hydrogen) atoms. The van der Waals surface area contributed by atoms with E-state index in [2.05, 4.69) is 15.4 Å². The van der Waals surface area contributed by atoms with Gasteiger partial charge in [-0.1, -0.05) is 0 Å². The summed E-state index contributed by atoms with van der Waals surface area (Å²) in [6.45, 7) is 0.197. The number of amides is 1. The maximum atomic E-state index is 11.7. The number of nitrogens with one attached hydrogen (secondary N) is 2. The van der Waals surface area contributed by atoms with Crippen LogP contribution in [0.15, 0.2) is 0 Å². The second kappa shape index (κ2) is 8.37. The zero-order chi connectivity index (χ0) is 14.1. The van der Waals surface area contributed by atoms with Crippen molar-refractivity contribution < 1.29 is 22.7 Å². The van der Waals surface area contributed by atoms with Gasteiger partial charge in [0.25, 0.3) is 0 Å². The molecule has 0 unspecified atom stereocenters. The van der Waals surface area contributed by atoms with E-state index in [1.807, 2.05) is 0 Å². The third-order valence-electron chi connectivity index (χ3n) is 2.61. The Balaban J connectivity index is 1.77. The van der Waals surface area contributed by atoms with Crippen molar-refractivity contribution in [3.8, 4) is 0 Å². The molecule has 0 saturated heterocycles. The number of alkyl halides is 3. The van der Waals surface area contributed by atoms with Crippen molar-refractivity contribution in [3.05, 3.63) is 0 Å². The van der Waals surface area contributed by atoms with Gasteiger partial charge in [0.15, 0.2) is 0 Å². The van der Waals surface area contributed by atoms with Crippen LogP contribution in [0, 0.1) is 0 Å². The van der Waals surface area contributed by atoms with Crippen LogP contribution in [0.2, 0.25) is 0 Å². The summed E-state index contributed by atoms with van der Waals surface area (Å²) >= 11 is 0. The monoisotopic (exact) mass is 282 g/mol. The van der Waals surface area contributed by atoms with Crippen molar-refractivity contribution in [2.45, 2.75) is 44.3 Å². The molecule has 112 valence electrons. The molecule has 0 aromatic heterocycles. The minimum absolute atomic E-state index is 0.0813. The molecule has 4 nitrogen and oxygen atoms in total. The van der Waals surface area contributed by atoms with E-state index in [1.165, 1.54) is 0 Å². The van der Waals surface area contributed by atoms with Crippen LogP contribution in [-0.4, -0.2) is 44.4 Å². The first-order valence-corrected chi connectivity index (χ1v) is 6.62. The van der Waals surface area contributed by atoms with Gasteiger partial charge in [-0.3, -0.25) is 4.79 Å². The van der Waals surface area contributed by atoms with Crippen LogP contribution < -0.4 is 10.6 Å². The smallest absolute Gasteiger partial charge is 0.372 e. The van der Waals surface area contributed by atoms with Crippen LogP contribution in [0.1, 0.15) is 32.1 Å². The lowest BCUT2D eigenvalue weighted by Crippen LogP contribution is -2.26. The molecule has 0 heterocycles. The third-order valence-corrected chi connectivity index (χ3v) is 2.61. The second-order valence-electron chi connectivity index (χ2n) is 4.72. The van der Waals surface area contributed by atoms with E-state index in [-0.39, 0.29) is 12.5 Å². The average molecular weight is 282 g/mol. The molecule has 0 atom stereocenters. The fraction of sp³-hybridized carbons (Fsp3) is 0.917. The van der Waals surface area contributed by atoms with Crippen LogP contribution in [-0.2, 0) is 9.53 Å². The van der Waals surface area contributed by atoms with E-state index < -0.39 is 12.8 Å². The molecule has 1 fully saturated rings. The molecule has 1 rings (SSSR count). The predicted octanol–water partition coefficient (Wildman–Crippen LogP) is 1.60. The Hall–Kier alpha value is -0.820. The Kier molecular flexibility index (Phi) is 7.15. The van der Waals surface area contributed by atoms with E-state index in [9.17, 15) is 18.0 Å². The SMILES string of the molecule is O=C(CCCNCCCOCC(F)(F)F)NC1CC1. The summed E-state index contributed by atoms with van der Waals surface area (Å²) in [5.41, 5.74) is 0. The van der Waals surface area contributed by atoms with E-state index in [0.717, 1.165) is 19.3 Å². The molecular formula is C12H21F3N2O2. The topological polar surface area (TPSA) is 50.4 Å². The van der Waals surface area contributed by atoms with Gasteiger partial charge < -0.3 is 15.4 Å². The van der Waals surface area contributed by atoms with Crippen LogP contribution in [0.5, 0.6) is 0 Å². The molecule has 0 aromatic carbocycles. The van der Waals surface area contributed by atoms with Gasteiger partial charge in [-0.2, -0.15) is 13.2 Å². The first-order valence-electron chi connectivity index (χ1n) is 6.62. The highest BCUT2D eigenvalue weighted by molar-refractivity contribution is 5.76. The summed E-state index contributed by atoms with van der Waals surface area (Å²) in [5, 5.41) is 5.96. The zero-order valence-electron chi connectivity index (χ0n) is 10.9. The number of carbonyl (C=O) groups excluding carboxylic acids is 1. The van der Waals surface area contributed by atoms with Crippen LogP contribution in [0.4, 0.5) is 13.2 Å². The van der Waals surface area contributed by atoms with Crippen molar-refractivity contribution in [1.29, 1.82) is 0 Å². The summed E-state index contributed by atoms with van der Waals surface area (Å²) in [7, 11) is 0. The van der Waals surface area contributed by atoms with Crippen molar-refractivity contribution in [1.82, 2.24) is 10.6 Å². The molecule has 0 bridgehead atoms. The van der Waals surface area contributed by atoms with Gasteiger partial charge in [-0.05, 0) is 38.8 Å². The van der Waals surface area contributed by atoms with E-state index in [4.69, 9.17) is 0 Å². The highest BCUT2D eigenvalue weighted by Crippen LogP contribution is 2.18. The van der Waals surface area contributed by atoms with Gasteiger partial charge in [-0.15, -0.1) is 0 Å². The Morgan fingerprint density at radius 3 is 2.53 bits per heavy atom. The van der Waals surface area contributed by atoms with Crippen LogP contribution >= 0.6 is 0 Å². The summed E-state index contributed by atoms with van der Waals surface area (Å²) in [6.07, 6.45) is -0.313. The molecule has 0 aliphatic heterocycles. The summed E-state index contributed by atoms with van der Waals surface area (Å²) in [4.78, 5) is 11.3. The number of carbonyl (C=O) groups is 1. The molecule has 0 radical (unpaired) electrons. The molecule has 0 spiro atoms. The van der Waals surface area contributed by atoms with Gasteiger partial charge in [-0.25, -0.2) is 0 Å². The summed E-state index contributed by atoms with van der Waals surface area (Å²) in [6, 6.07) is 0.395. The molecule has 1 amide bonds. The average Bonchev–Trinajstić information content (AvgIpc) is 3.09. The fourth-order valence-corrected chi connectivity index (χ4v) is 1.51. The van der Waals surface area contributed by atoms with Crippen molar-refractivity contribution in [3.63, 3.8) is 0 Å². The summed E-state index contributed by atoms with van der Waals surface area (Å²) in [5.74, 6) is 0.0813. The summed E-state index contributed by atoms with van der Waals surface area (Å²) < 4.78 is 39.6. The third kappa shape index (κ3) is 10.8. The van der Waals surface area contributed by atoms with Gasteiger partial charge in [0.2, 0.25) is 5.91 Å². The first-order chi connectivity index (χ1) is 8.97. The van der Waals surface area contributed by atoms with Crippen LogP contribution in [0.3, 0.4) is 0 Å². The predicted molar refractivity (Wildman–Crippen MR) is 64.8 cm³/mol. The Morgan fingerprint density at radius 2 is 1.89 bits per heavy atom. The van der Waals surface area contributed by atoms with Gasteiger partial charge in [0, 0.05) is 19.1 Å². The number of ether oxygens (including phenoxy) is 1. The fourth-order valence-electron chi connectivity index (χ4n) is 1.51. The molecule has 2 N–H and O–H groups in total. The molecule has 1 aliphatic rings. The van der Waals surface area contributed by atoms with Crippen molar-refractivity contribution in [2.24, 2.45) is 0 Å². The van der Waals surface area contributed by atoms with E-state index >= 15 is 0 Å². The molecule has 7 heteroatoms. The number of hydrogen-bond donors (Lipinski definition) is 2. The lowest BCUT2D eigenvalue weighted by atomic mass is 10.3. The highest BCUT2D eigenvalue weighted by Gasteiger charge is 2.27.